The molecule has 0 amide bonds. The molecular formula is C14H25N5O2. The van der Waals surface area contributed by atoms with Crippen LogP contribution in [0, 0.1) is 23.0 Å². The first kappa shape index (κ1) is 17.1. The highest BCUT2D eigenvalue weighted by atomic mass is 16.6. The summed E-state index contributed by atoms with van der Waals surface area (Å²) in [5.41, 5.74) is 0.394. The molecule has 0 aliphatic carbocycles. The van der Waals surface area contributed by atoms with Crippen molar-refractivity contribution >= 4 is 17.5 Å². The molecule has 1 heterocycles. The van der Waals surface area contributed by atoms with Crippen molar-refractivity contribution in [2.75, 3.05) is 29.9 Å². The smallest absolute Gasteiger partial charge is 0.332 e. The second-order valence-corrected chi connectivity index (χ2v) is 5.42. The molecule has 7 nitrogen and oxygen atoms in total. The molecule has 0 saturated carbocycles. The molecule has 1 N–H and O–H groups in total. The summed E-state index contributed by atoms with van der Waals surface area (Å²) >= 11 is 0. The Labute approximate surface area is 125 Å². The van der Waals surface area contributed by atoms with Crippen LogP contribution in [-0.4, -0.2) is 34.5 Å². The number of anilines is 2. The Bertz CT molecular complexity index is 490. The number of nitro groups is 1. The lowest BCUT2D eigenvalue weighted by Crippen LogP contribution is -2.29. The predicted octanol–water partition coefficient (Wildman–Crippen LogP) is 3.00. The lowest BCUT2D eigenvalue weighted by molar-refractivity contribution is -0.385. The van der Waals surface area contributed by atoms with E-state index in [4.69, 9.17) is 0 Å². The van der Waals surface area contributed by atoms with Crippen LogP contribution in [0.1, 0.15) is 39.8 Å². The van der Waals surface area contributed by atoms with Crippen molar-refractivity contribution < 1.29 is 4.92 Å². The summed E-state index contributed by atoms with van der Waals surface area (Å²) < 4.78 is 0. The van der Waals surface area contributed by atoms with E-state index in [1.54, 1.807) is 6.92 Å². The van der Waals surface area contributed by atoms with E-state index in [-0.39, 0.29) is 5.69 Å². The first-order valence-electron chi connectivity index (χ1n) is 7.42. The summed E-state index contributed by atoms with van der Waals surface area (Å²) in [5.74, 6) is 1.26. The zero-order valence-corrected chi connectivity index (χ0v) is 13.5. The Morgan fingerprint density at radius 3 is 2.48 bits per heavy atom. The second-order valence-electron chi connectivity index (χ2n) is 5.42. The highest BCUT2D eigenvalue weighted by molar-refractivity contribution is 5.62. The van der Waals surface area contributed by atoms with Gasteiger partial charge in [0.1, 0.15) is 5.69 Å². The van der Waals surface area contributed by atoms with Gasteiger partial charge in [-0.05, 0) is 26.2 Å². The lowest BCUT2D eigenvalue weighted by Gasteiger charge is -2.24. The molecule has 118 valence electrons. The molecule has 0 saturated heterocycles. The minimum Gasteiger partial charge on any atom is -0.354 e. The van der Waals surface area contributed by atoms with Gasteiger partial charge >= 0.3 is 5.69 Å². The normalized spacial score (nSPS) is 10.8. The first-order valence-corrected chi connectivity index (χ1v) is 7.42. The summed E-state index contributed by atoms with van der Waals surface area (Å²) in [4.78, 5) is 21.5. The average Bonchev–Trinajstić information content (AvgIpc) is 2.41. The molecule has 1 aromatic heterocycles. The summed E-state index contributed by atoms with van der Waals surface area (Å²) in [6.45, 7) is 12.0. The van der Waals surface area contributed by atoms with Crippen LogP contribution in [-0.2, 0) is 0 Å². The van der Waals surface area contributed by atoms with Gasteiger partial charge in [0.15, 0.2) is 0 Å². The summed E-state index contributed by atoms with van der Waals surface area (Å²) in [5, 5.41) is 14.5. The number of aromatic nitrogens is 2. The molecule has 1 aromatic rings. The Balaban J connectivity index is 3.28. The van der Waals surface area contributed by atoms with Gasteiger partial charge in [-0.2, -0.15) is 4.98 Å². The van der Waals surface area contributed by atoms with Gasteiger partial charge in [0.25, 0.3) is 0 Å². The van der Waals surface area contributed by atoms with E-state index in [2.05, 4.69) is 29.1 Å². The fraction of sp³-hybridized carbons (Fsp3) is 0.714. The molecule has 0 spiro atoms. The molecule has 0 aromatic carbocycles. The van der Waals surface area contributed by atoms with Gasteiger partial charge in [-0.25, -0.2) is 4.98 Å². The second kappa shape index (κ2) is 7.75. The third kappa shape index (κ3) is 4.54. The predicted molar refractivity (Wildman–Crippen MR) is 84.9 cm³/mol. The molecule has 0 unspecified atom stereocenters. The van der Waals surface area contributed by atoms with Gasteiger partial charge in [0.2, 0.25) is 11.8 Å². The minimum absolute atomic E-state index is 0.000418. The van der Waals surface area contributed by atoms with Gasteiger partial charge in [-0.15, -0.1) is 0 Å². The highest BCUT2D eigenvalue weighted by Crippen LogP contribution is 2.30. The number of nitrogens with zero attached hydrogens (tertiary/aromatic N) is 4. The molecule has 0 bridgehead atoms. The molecule has 0 atom stereocenters. The van der Waals surface area contributed by atoms with Crippen molar-refractivity contribution in [3.8, 4) is 0 Å². The fourth-order valence-electron chi connectivity index (χ4n) is 2.11. The van der Waals surface area contributed by atoms with E-state index in [0.29, 0.717) is 29.9 Å². The van der Waals surface area contributed by atoms with E-state index in [0.717, 1.165) is 19.5 Å². The van der Waals surface area contributed by atoms with E-state index in [1.165, 1.54) is 0 Å². The van der Waals surface area contributed by atoms with Crippen molar-refractivity contribution in [3.05, 3.63) is 15.8 Å². The van der Waals surface area contributed by atoms with Crippen molar-refractivity contribution in [1.29, 1.82) is 0 Å². The summed E-state index contributed by atoms with van der Waals surface area (Å²) in [6.07, 6.45) is 0.943. The van der Waals surface area contributed by atoms with Crippen molar-refractivity contribution in [3.63, 3.8) is 0 Å². The fourth-order valence-corrected chi connectivity index (χ4v) is 2.11. The molecule has 0 aliphatic rings. The maximum atomic E-state index is 11.4. The highest BCUT2D eigenvalue weighted by Gasteiger charge is 2.26. The quantitative estimate of drug-likeness (QED) is 0.586. The van der Waals surface area contributed by atoms with Crippen molar-refractivity contribution in [1.82, 2.24) is 9.97 Å². The van der Waals surface area contributed by atoms with E-state index in [9.17, 15) is 10.1 Å². The van der Waals surface area contributed by atoms with Gasteiger partial charge in [-0.3, -0.25) is 10.1 Å². The van der Waals surface area contributed by atoms with Crippen molar-refractivity contribution in [2.45, 2.75) is 41.0 Å². The van der Waals surface area contributed by atoms with Gasteiger partial charge in [0.05, 0.1) is 4.92 Å². The molecule has 0 radical (unpaired) electrons. The number of hydrogen-bond acceptors (Lipinski definition) is 6. The number of hydrogen-bond donors (Lipinski definition) is 1. The maximum Gasteiger partial charge on any atom is 0.332 e. The van der Waals surface area contributed by atoms with Gasteiger partial charge < -0.3 is 10.2 Å². The Kier molecular flexibility index (Phi) is 6.33. The largest absolute Gasteiger partial charge is 0.354 e. The zero-order chi connectivity index (χ0) is 16.0. The Hall–Kier alpha value is -1.92. The van der Waals surface area contributed by atoms with E-state index < -0.39 is 4.92 Å². The van der Waals surface area contributed by atoms with Gasteiger partial charge in [-0.1, -0.05) is 20.8 Å². The van der Waals surface area contributed by atoms with Crippen LogP contribution in [0.15, 0.2) is 0 Å². The van der Waals surface area contributed by atoms with Crippen LogP contribution in [0.4, 0.5) is 17.5 Å². The molecule has 0 fully saturated rings. The third-order valence-electron chi connectivity index (χ3n) is 3.02. The zero-order valence-electron chi connectivity index (χ0n) is 13.5. The standard InChI is InChI=1S/C14H25N5O2/c1-6-8-15-14-16-11(5)12(19(20)21)13(17-14)18(7-2)9-10(3)4/h10H,6-9H2,1-5H3,(H,15,16,17). The molecule has 1 rings (SSSR count). The van der Waals surface area contributed by atoms with E-state index >= 15 is 0 Å². The monoisotopic (exact) mass is 295 g/mol. The van der Waals surface area contributed by atoms with Gasteiger partial charge in [0, 0.05) is 19.6 Å². The average molecular weight is 295 g/mol. The summed E-state index contributed by atoms with van der Waals surface area (Å²) in [7, 11) is 0. The minimum atomic E-state index is -0.392. The maximum absolute atomic E-state index is 11.4. The summed E-state index contributed by atoms with van der Waals surface area (Å²) in [6, 6.07) is 0. The van der Waals surface area contributed by atoms with Crippen LogP contribution in [0.5, 0.6) is 0 Å². The van der Waals surface area contributed by atoms with Crippen LogP contribution in [0.25, 0.3) is 0 Å². The first-order chi connectivity index (χ1) is 9.90. The van der Waals surface area contributed by atoms with Crippen LogP contribution < -0.4 is 10.2 Å². The number of nitrogens with one attached hydrogen (secondary N) is 1. The molecule has 0 aliphatic heterocycles. The number of rotatable bonds is 8. The lowest BCUT2D eigenvalue weighted by atomic mass is 10.2. The van der Waals surface area contributed by atoms with Crippen LogP contribution in [0.3, 0.4) is 0 Å². The van der Waals surface area contributed by atoms with E-state index in [1.807, 2.05) is 18.7 Å². The third-order valence-corrected chi connectivity index (χ3v) is 3.02. The molecular weight excluding hydrogens is 270 g/mol. The molecule has 7 heteroatoms. The Morgan fingerprint density at radius 1 is 1.33 bits per heavy atom. The van der Waals surface area contributed by atoms with Crippen molar-refractivity contribution in [2.24, 2.45) is 5.92 Å². The number of aryl methyl sites for hydroxylation is 1. The van der Waals surface area contributed by atoms with Crippen LogP contribution >= 0.6 is 0 Å². The van der Waals surface area contributed by atoms with Crippen LogP contribution in [0.2, 0.25) is 0 Å². The molecule has 21 heavy (non-hydrogen) atoms. The SMILES string of the molecule is CCCNc1nc(C)c([N+](=O)[O-])c(N(CC)CC(C)C)n1. The topological polar surface area (TPSA) is 84.2 Å². The Morgan fingerprint density at radius 2 is 2.00 bits per heavy atom.